The molecule has 0 saturated heterocycles. The van der Waals surface area contributed by atoms with Crippen LogP contribution in [-0.2, 0) is 14.8 Å². The van der Waals surface area contributed by atoms with Gasteiger partial charge in [-0.3, -0.25) is 0 Å². The first kappa shape index (κ1) is 26.1. The third-order valence-electron chi connectivity index (χ3n) is 4.84. The van der Waals surface area contributed by atoms with E-state index in [0.717, 1.165) is 3.97 Å². The van der Waals surface area contributed by atoms with E-state index < -0.39 is 28.0 Å². The number of carbonyl (C=O) groups is 1. The van der Waals surface area contributed by atoms with Crippen molar-refractivity contribution in [1.29, 1.82) is 0 Å². The normalized spacial score (nSPS) is 12.9. The fourth-order valence-electron chi connectivity index (χ4n) is 3.03. The fourth-order valence-corrected chi connectivity index (χ4v) is 4.39. The molecule has 0 fully saturated rings. The smallest absolute Gasteiger partial charge is 0.490 e. The molecule has 7 nitrogen and oxygen atoms in total. The van der Waals surface area contributed by atoms with Gasteiger partial charge < -0.3 is 14.7 Å². The molecule has 1 N–H and O–H groups in total. The summed E-state index contributed by atoms with van der Waals surface area (Å²) in [6.45, 7) is 1.92. The lowest BCUT2D eigenvalue weighted by molar-refractivity contribution is -0.192. The summed E-state index contributed by atoms with van der Waals surface area (Å²) in [5.74, 6) is -3.21. The Kier molecular flexibility index (Phi) is 7.75. The van der Waals surface area contributed by atoms with E-state index in [1.165, 1.54) is 31.5 Å². The second-order valence-electron chi connectivity index (χ2n) is 7.11. The van der Waals surface area contributed by atoms with Crippen LogP contribution >= 0.6 is 0 Å². The number of fused-ring (bicyclic) bond motifs is 1. The molecule has 0 saturated carbocycles. The summed E-state index contributed by atoms with van der Waals surface area (Å²) in [7, 11) is 1.33. The largest absolute Gasteiger partial charge is 0.493 e. The number of hydrogen-bond donors (Lipinski definition) is 1. The van der Waals surface area contributed by atoms with Gasteiger partial charge in [-0.1, -0.05) is 18.2 Å². The maximum absolute atomic E-state index is 14.7. The molecule has 1 atom stereocenters. The minimum Gasteiger partial charge on any atom is -0.493 e. The highest BCUT2D eigenvalue weighted by Crippen LogP contribution is 2.38. The number of ether oxygens (including phenoxy) is 1. The van der Waals surface area contributed by atoms with Gasteiger partial charge in [0.1, 0.15) is 0 Å². The van der Waals surface area contributed by atoms with Crippen LogP contribution in [0.1, 0.15) is 18.5 Å². The molecule has 0 amide bonds. The minimum absolute atomic E-state index is 0.133. The summed E-state index contributed by atoms with van der Waals surface area (Å²) in [4.78, 5) is 11.0. The highest BCUT2D eigenvalue weighted by molar-refractivity contribution is 7.90. The quantitative estimate of drug-likeness (QED) is 0.537. The molecule has 3 aromatic rings. The number of benzene rings is 2. The first-order chi connectivity index (χ1) is 15.2. The lowest BCUT2D eigenvalue weighted by Crippen LogP contribution is -2.21. The minimum atomic E-state index is -5.08. The lowest BCUT2D eigenvalue weighted by Gasteiger charge is -2.23. The molecule has 0 aliphatic rings. The van der Waals surface area contributed by atoms with Crippen LogP contribution in [-0.4, -0.2) is 55.7 Å². The van der Waals surface area contributed by atoms with E-state index in [9.17, 15) is 26.0 Å². The van der Waals surface area contributed by atoms with Crippen molar-refractivity contribution >= 4 is 26.9 Å². The van der Waals surface area contributed by atoms with Crippen LogP contribution in [0.5, 0.6) is 5.75 Å². The van der Waals surface area contributed by atoms with Gasteiger partial charge in [0, 0.05) is 29.3 Å². The van der Waals surface area contributed by atoms with E-state index in [1.807, 2.05) is 25.9 Å². The molecular weight excluding hydrogens is 468 g/mol. The van der Waals surface area contributed by atoms with Crippen molar-refractivity contribution in [2.75, 3.05) is 21.2 Å². The zero-order valence-corrected chi connectivity index (χ0v) is 18.9. The van der Waals surface area contributed by atoms with Crippen molar-refractivity contribution in [3.05, 3.63) is 60.0 Å². The van der Waals surface area contributed by atoms with Crippen LogP contribution < -0.4 is 4.74 Å². The fraction of sp³-hybridized carbons (Fsp3) is 0.286. The van der Waals surface area contributed by atoms with E-state index in [2.05, 4.69) is 0 Å². The first-order valence-electron chi connectivity index (χ1n) is 9.38. The van der Waals surface area contributed by atoms with Gasteiger partial charge in [-0.05, 0) is 39.2 Å². The molecule has 1 aromatic heterocycles. The molecule has 0 aliphatic carbocycles. The first-order valence-corrected chi connectivity index (χ1v) is 10.8. The maximum Gasteiger partial charge on any atom is 0.490 e. The van der Waals surface area contributed by atoms with Gasteiger partial charge in [0.2, 0.25) is 0 Å². The summed E-state index contributed by atoms with van der Waals surface area (Å²) < 4.78 is 78.8. The van der Waals surface area contributed by atoms with Crippen LogP contribution in [0.25, 0.3) is 10.9 Å². The molecule has 33 heavy (non-hydrogen) atoms. The number of nitrogens with zero attached hydrogens (tertiary/aromatic N) is 2. The van der Waals surface area contributed by atoms with Crippen LogP contribution in [0.15, 0.2) is 53.6 Å². The monoisotopic (exact) mass is 490 g/mol. The zero-order valence-electron chi connectivity index (χ0n) is 18.1. The Morgan fingerprint density at radius 3 is 2.15 bits per heavy atom. The molecule has 2 aromatic carbocycles. The second kappa shape index (κ2) is 9.79. The molecular formula is C21H22F4N2O5S. The number of aliphatic carboxylic acids is 1. The van der Waals surface area contributed by atoms with Gasteiger partial charge in [0.05, 0.1) is 17.5 Å². The van der Waals surface area contributed by atoms with Gasteiger partial charge in [-0.15, -0.1) is 0 Å². The maximum atomic E-state index is 14.7. The number of alkyl halides is 3. The van der Waals surface area contributed by atoms with E-state index in [1.54, 1.807) is 24.3 Å². The van der Waals surface area contributed by atoms with E-state index in [4.69, 9.17) is 14.6 Å². The molecule has 1 heterocycles. The number of rotatable bonds is 5. The highest BCUT2D eigenvalue weighted by atomic mass is 32.2. The third-order valence-corrected chi connectivity index (χ3v) is 6.55. The molecule has 12 heteroatoms. The Bertz CT molecular complexity index is 1240. The van der Waals surface area contributed by atoms with Crippen molar-refractivity contribution < 1.29 is 40.6 Å². The Morgan fingerprint density at radius 2 is 1.70 bits per heavy atom. The summed E-state index contributed by atoms with van der Waals surface area (Å²) in [5.41, 5.74) is 0.908. The van der Waals surface area contributed by atoms with Gasteiger partial charge in [-0.2, -0.15) is 13.2 Å². The number of carboxylic acid groups (broad SMARTS) is 1. The van der Waals surface area contributed by atoms with Gasteiger partial charge in [0.25, 0.3) is 10.0 Å². The molecule has 0 aliphatic heterocycles. The van der Waals surface area contributed by atoms with Crippen LogP contribution in [0, 0.1) is 5.82 Å². The SMILES string of the molecule is COc1c(F)cc2c(ccn2S(=O)(=O)c2ccccc2)c1C(C)N(C)C.O=C(O)C(F)(F)F. The van der Waals surface area contributed by atoms with E-state index >= 15 is 0 Å². The average molecular weight is 490 g/mol. The Balaban J connectivity index is 0.000000479. The topological polar surface area (TPSA) is 88.8 Å². The molecule has 0 spiro atoms. The molecule has 0 radical (unpaired) electrons. The number of hydrogen-bond acceptors (Lipinski definition) is 5. The van der Waals surface area contributed by atoms with Crippen LogP contribution in [0.4, 0.5) is 17.6 Å². The highest BCUT2D eigenvalue weighted by Gasteiger charge is 2.38. The van der Waals surface area contributed by atoms with Crippen molar-refractivity contribution in [2.24, 2.45) is 0 Å². The van der Waals surface area contributed by atoms with E-state index in [-0.39, 0.29) is 22.2 Å². The Labute approximate surface area is 187 Å². The van der Waals surface area contributed by atoms with Crippen molar-refractivity contribution in [3.8, 4) is 5.75 Å². The predicted octanol–water partition coefficient (Wildman–Crippen LogP) is 4.28. The third kappa shape index (κ3) is 5.45. The van der Waals surface area contributed by atoms with Crippen molar-refractivity contribution in [1.82, 2.24) is 8.87 Å². The van der Waals surface area contributed by atoms with Crippen LogP contribution in [0.2, 0.25) is 0 Å². The number of aromatic nitrogens is 1. The summed E-state index contributed by atoms with van der Waals surface area (Å²) in [6, 6.07) is 10.8. The average Bonchev–Trinajstić information content (AvgIpc) is 3.16. The number of carboxylic acids is 1. The zero-order chi connectivity index (χ0) is 25.1. The van der Waals surface area contributed by atoms with Gasteiger partial charge >= 0.3 is 12.1 Å². The van der Waals surface area contributed by atoms with Gasteiger partial charge in [-0.25, -0.2) is 21.6 Å². The summed E-state index contributed by atoms with van der Waals surface area (Å²) in [5, 5.41) is 7.77. The molecule has 1 unspecified atom stereocenters. The standard InChI is InChI=1S/C19H21FN2O3S.C2HF3O2/c1-13(21(2)3)18-15-10-11-22(17(15)12-16(20)19(18)25-4)26(23,24)14-8-6-5-7-9-14;3-2(4,5)1(6)7/h5-13H,1-4H3;(H,6,7). The van der Waals surface area contributed by atoms with E-state index in [0.29, 0.717) is 10.9 Å². The Hall–Kier alpha value is -3.12. The number of methoxy groups -OCH3 is 1. The summed E-state index contributed by atoms with van der Waals surface area (Å²) in [6.07, 6.45) is -3.63. The van der Waals surface area contributed by atoms with Gasteiger partial charge in [0.15, 0.2) is 11.6 Å². The van der Waals surface area contributed by atoms with Crippen molar-refractivity contribution in [3.63, 3.8) is 0 Å². The lowest BCUT2D eigenvalue weighted by atomic mass is 10.0. The second-order valence-corrected chi connectivity index (χ2v) is 8.93. The van der Waals surface area contributed by atoms with Crippen LogP contribution in [0.3, 0.4) is 0 Å². The predicted molar refractivity (Wildman–Crippen MR) is 113 cm³/mol. The molecule has 0 bridgehead atoms. The Morgan fingerprint density at radius 1 is 1.15 bits per heavy atom. The molecule has 3 rings (SSSR count). The van der Waals surface area contributed by atoms with Crippen molar-refractivity contribution in [2.45, 2.75) is 24.0 Å². The summed E-state index contributed by atoms with van der Waals surface area (Å²) >= 11 is 0. The molecule has 180 valence electrons. The number of halogens is 4.